The van der Waals surface area contributed by atoms with Gasteiger partial charge in [-0.25, -0.2) is 0 Å². The van der Waals surface area contributed by atoms with Crippen LogP contribution in [0.5, 0.6) is 0 Å². The second kappa shape index (κ2) is 5.90. The maximum Gasteiger partial charge on any atom is 0.417 e. The van der Waals surface area contributed by atoms with Crippen molar-refractivity contribution in [2.24, 2.45) is 0 Å². The van der Waals surface area contributed by atoms with Crippen molar-refractivity contribution in [2.75, 3.05) is 9.45 Å². The molecule has 1 aliphatic heterocycles. The van der Waals surface area contributed by atoms with Crippen molar-refractivity contribution in [1.29, 1.82) is 5.26 Å². The Kier molecular flexibility index (Phi) is 4.60. The van der Waals surface area contributed by atoms with Crippen LogP contribution in [0.1, 0.15) is 25.0 Å². The van der Waals surface area contributed by atoms with Crippen molar-refractivity contribution in [2.45, 2.75) is 25.6 Å². The van der Waals surface area contributed by atoms with E-state index in [2.05, 4.69) is 0 Å². The summed E-state index contributed by atoms with van der Waals surface area (Å²) in [6, 6.07) is 4.64. The molecule has 0 unspecified atom stereocenters. The van der Waals surface area contributed by atoms with Crippen molar-refractivity contribution in [3.63, 3.8) is 0 Å². The zero-order valence-electron chi connectivity index (χ0n) is 12.1. The Morgan fingerprint density at radius 3 is 2.43 bits per heavy atom. The molecule has 1 heterocycles. The van der Waals surface area contributed by atoms with Crippen LogP contribution in [0.4, 0.5) is 18.9 Å². The van der Waals surface area contributed by atoms with Gasteiger partial charge in [0.1, 0.15) is 5.54 Å². The predicted octanol–water partition coefficient (Wildman–Crippen LogP) is 3.68. The van der Waals surface area contributed by atoms with Crippen LogP contribution in [0, 0.1) is 11.3 Å². The van der Waals surface area contributed by atoms with E-state index in [1.54, 1.807) is 18.7 Å². The van der Waals surface area contributed by atoms with Crippen LogP contribution in [0.15, 0.2) is 18.2 Å². The molecule has 0 aliphatic carbocycles. The van der Waals surface area contributed by atoms with E-state index in [1.807, 2.05) is 22.6 Å². The van der Waals surface area contributed by atoms with E-state index in [0.717, 1.165) is 17.0 Å². The zero-order valence-corrected chi connectivity index (χ0v) is 15.1. The third-order valence-corrected chi connectivity index (χ3v) is 4.72. The van der Waals surface area contributed by atoms with E-state index < -0.39 is 28.7 Å². The Hall–Kier alpha value is -1.41. The highest BCUT2D eigenvalue weighted by Crippen LogP contribution is 2.37. The fourth-order valence-corrected chi connectivity index (χ4v) is 4.16. The number of hydrogen-bond acceptors (Lipinski definition) is 3. The number of nitriles is 1. The molecule has 1 aliphatic rings. The maximum atomic E-state index is 13.1. The highest BCUT2D eigenvalue weighted by molar-refractivity contribution is 14.1. The lowest BCUT2D eigenvalue weighted by molar-refractivity contribution is -0.137. The molecule has 23 heavy (non-hydrogen) atoms. The van der Waals surface area contributed by atoms with Crippen molar-refractivity contribution in [1.82, 2.24) is 4.90 Å². The van der Waals surface area contributed by atoms with Gasteiger partial charge in [0.2, 0.25) is 0 Å². The minimum Gasteiger partial charge on any atom is -0.325 e. The second-order valence-corrected chi connectivity index (χ2v) is 6.42. The number of hydrogen-bond donors (Lipinski definition) is 0. The monoisotopic (exact) mass is 453 g/mol. The molecule has 0 bridgehead atoms. The molecule has 2 rings (SSSR count). The average molecular weight is 453 g/mol. The van der Waals surface area contributed by atoms with Crippen LogP contribution >= 0.6 is 34.8 Å². The lowest BCUT2D eigenvalue weighted by Gasteiger charge is -2.26. The molecule has 0 spiro atoms. The van der Waals surface area contributed by atoms with Gasteiger partial charge in [-0.15, -0.1) is 0 Å². The molecule has 0 N–H and O–H groups in total. The third kappa shape index (κ3) is 2.89. The van der Waals surface area contributed by atoms with Gasteiger partial charge in [0.25, 0.3) is 5.91 Å². The first-order valence-electron chi connectivity index (χ1n) is 6.39. The fraction of sp³-hybridized carbons (Fsp3) is 0.357. The smallest absolute Gasteiger partial charge is 0.325 e. The third-order valence-electron chi connectivity index (χ3n) is 3.63. The van der Waals surface area contributed by atoms with Gasteiger partial charge < -0.3 is 4.90 Å². The van der Waals surface area contributed by atoms with Crippen LogP contribution in [0.3, 0.4) is 0 Å². The molecule has 122 valence electrons. The average Bonchev–Trinajstić information content (AvgIpc) is 2.63. The molecule has 1 saturated heterocycles. The summed E-state index contributed by atoms with van der Waals surface area (Å²) in [5, 5.41) is 8.99. The van der Waals surface area contributed by atoms with Gasteiger partial charge in [0.15, 0.2) is 5.11 Å². The lowest BCUT2D eigenvalue weighted by Crippen LogP contribution is -2.43. The van der Waals surface area contributed by atoms with Crippen LogP contribution in [-0.2, 0) is 11.0 Å². The Bertz CT molecular complexity index is 727. The Morgan fingerprint density at radius 2 is 2.00 bits per heavy atom. The summed E-state index contributed by atoms with van der Waals surface area (Å²) in [6.45, 7) is 3.32. The first-order chi connectivity index (χ1) is 10.6. The van der Waals surface area contributed by atoms with Gasteiger partial charge in [-0.2, -0.15) is 18.4 Å². The number of nitrogens with zero attached hydrogens (tertiary/aromatic N) is 3. The summed E-state index contributed by atoms with van der Waals surface area (Å²) >= 11 is 7.28. The molecule has 1 fully saturated rings. The topological polar surface area (TPSA) is 47.3 Å². The standard InChI is InChI=1S/C14H11F3IN3OS/c1-13(2)11(22)21(12(23)20(13)7-18)9-4-3-8(6-19)10(5-9)14(15,16)17/h3-5H,7H2,1-2H3. The molecule has 1 amide bonds. The van der Waals surface area contributed by atoms with Gasteiger partial charge in [0.05, 0.1) is 27.4 Å². The minimum absolute atomic E-state index is 0.00625. The number of rotatable bonds is 2. The predicted molar refractivity (Wildman–Crippen MR) is 91.0 cm³/mol. The van der Waals surface area contributed by atoms with Gasteiger partial charge in [-0.05, 0) is 44.3 Å². The summed E-state index contributed by atoms with van der Waals surface area (Å²) in [4.78, 5) is 15.3. The van der Waals surface area contributed by atoms with E-state index in [1.165, 1.54) is 12.1 Å². The first-order valence-corrected chi connectivity index (χ1v) is 8.32. The van der Waals surface area contributed by atoms with Crippen molar-refractivity contribution >= 4 is 51.5 Å². The normalized spacial score (nSPS) is 17.6. The van der Waals surface area contributed by atoms with Crippen LogP contribution < -0.4 is 4.90 Å². The highest BCUT2D eigenvalue weighted by atomic mass is 127. The zero-order chi connectivity index (χ0) is 17.6. The molecular formula is C14H11F3IN3OS. The number of amides is 1. The quantitative estimate of drug-likeness (QED) is 0.297. The van der Waals surface area contributed by atoms with Crippen molar-refractivity contribution in [3.05, 3.63) is 29.3 Å². The van der Waals surface area contributed by atoms with Gasteiger partial charge in [0, 0.05) is 0 Å². The molecule has 9 heteroatoms. The van der Waals surface area contributed by atoms with Crippen LogP contribution in [-0.4, -0.2) is 26.0 Å². The number of halogens is 4. The minimum atomic E-state index is -4.69. The van der Waals surface area contributed by atoms with Gasteiger partial charge >= 0.3 is 6.18 Å². The van der Waals surface area contributed by atoms with E-state index in [4.69, 9.17) is 17.5 Å². The Morgan fingerprint density at radius 1 is 1.39 bits per heavy atom. The number of alkyl halides is 4. The van der Waals surface area contributed by atoms with Crippen molar-refractivity contribution < 1.29 is 18.0 Å². The summed E-state index contributed by atoms with van der Waals surface area (Å²) in [5.41, 5.74) is -2.51. The van der Waals surface area contributed by atoms with Crippen LogP contribution in [0.2, 0.25) is 0 Å². The molecular weight excluding hydrogens is 442 g/mol. The van der Waals surface area contributed by atoms with E-state index in [9.17, 15) is 18.0 Å². The molecule has 0 aromatic heterocycles. The molecule has 1 aromatic rings. The molecule has 0 saturated carbocycles. The number of carbonyl (C=O) groups is 1. The maximum absolute atomic E-state index is 13.1. The number of benzene rings is 1. The number of thiocarbonyl (C=S) groups is 1. The second-order valence-electron chi connectivity index (χ2n) is 5.37. The largest absolute Gasteiger partial charge is 0.417 e. The summed E-state index contributed by atoms with van der Waals surface area (Å²) in [5.74, 6) is -0.406. The number of anilines is 1. The van der Waals surface area contributed by atoms with Crippen molar-refractivity contribution in [3.8, 4) is 6.07 Å². The molecule has 4 nitrogen and oxygen atoms in total. The number of carbonyl (C=O) groups excluding carboxylic acids is 1. The Balaban J connectivity index is 2.58. The summed E-state index contributed by atoms with van der Waals surface area (Å²) < 4.78 is 39.7. The molecule has 0 radical (unpaired) electrons. The van der Waals surface area contributed by atoms with Gasteiger partial charge in [-0.3, -0.25) is 9.69 Å². The van der Waals surface area contributed by atoms with E-state index in [0.29, 0.717) is 4.55 Å². The van der Waals surface area contributed by atoms with Crippen LogP contribution in [0.25, 0.3) is 0 Å². The van der Waals surface area contributed by atoms with E-state index >= 15 is 0 Å². The fourth-order valence-electron chi connectivity index (χ4n) is 2.27. The van der Waals surface area contributed by atoms with Gasteiger partial charge in [-0.1, -0.05) is 22.6 Å². The SMILES string of the molecule is CC1(C)C(=O)N(c2ccc(C#N)c(C(F)(F)F)c2)C(=S)N1CI. The lowest BCUT2D eigenvalue weighted by atomic mass is 10.0. The summed E-state index contributed by atoms with van der Waals surface area (Å²) in [7, 11) is 0. The summed E-state index contributed by atoms with van der Waals surface area (Å²) in [6.07, 6.45) is -4.69. The molecule has 1 aromatic carbocycles. The highest BCUT2D eigenvalue weighted by Gasteiger charge is 2.49. The Labute approximate surface area is 150 Å². The van der Waals surface area contributed by atoms with E-state index in [-0.39, 0.29) is 10.8 Å². The first kappa shape index (κ1) is 17.9. The molecule has 0 atom stereocenters.